The number of hydrogen-bond acceptors (Lipinski definition) is 2. The normalized spacial score (nSPS) is 15.9. The van der Waals surface area contributed by atoms with Crippen LogP contribution in [0.2, 0.25) is 0 Å². The Kier molecular flexibility index (Phi) is 2.82. The van der Waals surface area contributed by atoms with E-state index >= 15 is 0 Å². The highest BCUT2D eigenvalue weighted by Crippen LogP contribution is 2.24. The Balaban J connectivity index is 2.40. The lowest BCUT2D eigenvalue weighted by Crippen LogP contribution is -1.82. The fraction of sp³-hybridized carbons (Fsp3) is 0.143. The maximum Gasteiger partial charge on any atom is 0.115 e. The first kappa shape index (κ1) is 10.6. The zero-order chi connectivity index (χ0) is 11.5. The van der Waals surface area contributed by atoms with E-state index in [1.807, 2.05) is 31.2 Å². The summed E-state index contributed by atoms with van der Waals surface area (Å²) in [5.41, 5.74) is 3.19. The molecule has 1 aliphatic carbocycles. The van der Waals surface area contributed by atoms with Crippen LogP contribution < -0.4 is 0 Å². The third-order valence-electron chi connectivity index (χ3n) is 2.52. The van der Waals surface area contributed by atoms with E-state index in [1.165, 1.54) is 0 Å². The number of hydrogen-bond donors (Lipinski definition) is 2. The summed E-state index contributed by atoms with van der Waals surface area (Å²) in [5, 5.41) is 18.7. The summed E-state index contributed by atoms with van der Waals surface area (Å²) in [6.07, 6.45) is 6.25. The minimum absolute atomic E-state index is 0.261. The quantitative estimate of drug-likeness (QED) is 0.750. The third-order valence-corrected chi connectivity index (χ3v) is 2.52. The second-order valence-corrected chi connectivity index (χ2v) is 3.99. The van der Waals surface area contributed by atoms with Gasteiger partial charge in [-0.15, -0.1) is 0 Å². The fourth-order valence-corrected chi connectivity index (χ4v) is 1.73. The number of aromatic hydroxyl groups is 1. The molecule has 1 aromatic rings. The Morgan fingerprint density at radius 3 is 2.38 bits per heavy atom. The van der Waals surface area contributed by atoms with Gasteiger partial charge in [0.15, 0.2) is 0 Å². The van der Waals surface area contributed by atoms with Crippen LogP contribution >= 0.6 is 0 Å². The van der Waals surface area contributed by atoms with Crippen LogP contribution in [0.5, 0.6) is 5.75 Å². The van der Waals surface area contributed by atoms with Gasteiger partial charge in [-0.2, -0.15) is 0 Å². The van der Waals surface area contributed by atoms with Gasteiger partial charge in [0.1, 0.15) is 5.75 Å². The van der Waals surface area contributed by atoms with Crippen LogP contribution in [0.25, 0.3) is 5.57 Å². The van der Waals surface area contributed by atoms with Crippen LogP contribution in [-0.2, 0) is 0 Å². The summed E-state index contributed by atoms with van der Waals surface area (Å²) in [5.74, 6) is 0.639. The first-order valence-corrected chi connectivity index (χ1v) is 5.21. The SMILES string of the molecule is CC1=CC(c2ccc(O)cc2)=CC=C(O)C1. The van der Waals surface area contributed by atoms with Crippen LogP contribution in [0.4, 0.5) is 0 Å². The highest BCUT2D eigenvalue weighted by Gasteiger charge is 2.04. The first-order valence-electron chi connectivity index (χ1n) is 5.21. The number of aliphatic hydroxyl groups is 1. The molecule has 2 N–H and O–H groups in total. The van der Waals surface area contributed by atoms with E-state index < -0.39 is 0 Å². The van der Waals surface area contributed by atoms with Gasteiger partial charge < -0.3 is 10.2 Å². The molecule has 2 heteroatoms. The molecule has 0 spiro atoms. The Labute approximate surface area is 94.9 Å². The van der Waals surface area contributed by atoms with E-state index in [9.17, 15) is 10.2 Å². The fourth-order valence-electron chi connectivity index (χ4n) is 1.73. The Morgan fingerprint density at radius 1 is 1.00 bits per heavy atom. The molecule has 0 radical (unpaired) electrons. The molecule has 0 atom stereocenters. The lowest BCUT2D eigenvalue weighted by atomic mass is 10.0. The van der Waals surface area contributed by atoms with E-state index in [0.717, 1.165) is 16.7 Å². The Hall–Kier alpha value is -1.96. The monoisotopic (exact) mass is 214 g/mol. The number of phenolic OH excluding ortho intramolecular Hbond substituents is 1. The minimum atomic E-state index is 0.261. The maximum atomic E-state index is 9.50. The molecule has 1 aliphatic rings. The number of rotatable bonds is 1. The number of benzene rings is 1. The third kappa shape index (κ3) is 2.34. The van der Waals surface area contributed by atoms with Gasteiger partial charge in [0.05, 0.1) is 5.76 Å². The van der Waals surface area contributed by atoms with Gasteiger partial charge in [0, 0.05) is 6.42 Å². The smallest absolute Gasteiger partial charge is 0.115 e. The molecule has 16 heavy (non-hydrogen) atoms. The van der Waals surface area contributed by atoms with E-state index in [0.29, 0.717) is 12.2 Å². The summed E-state index contributed by atoms with van der Waals surface area (Å²) < 4.78 is 0. The molecule has 0 heterocycles. The molecular formula is C14H14O2. The average molecular weight is 214 g/mol. The molecule has 0 aliphatic heterocycles. The van der Waals surface area contributed by atoms with Crippen molar-refractivity contribution < 1.29 is 10.2 Å². The topological polar surface area (TPSA) is 40.5 Å². The highest BCUT2D eigenvalue weighted by molar-refractivity contribution is 5.76. The highest BCUT2D eigenvalue weighted by atomic mass is 16.3. The zero-order valence-corrected chi connectivity index (χ0v) is 9.14. The van der Waals surface area contributed by atoms with E-state index in [1.54, 1.807) is 18.2 Å². The van der Waals surface area contributed by atoms with Crippen LogP contribution in [0.1, 0.15) is 18.9 Å². The van der Waals surface area contributed by atoms with Crippen molar-refractivity contribution in [2.75, 3.05) is 0 Å². The van der Waals surface area contributed by atoms with Crippen molar-refractivity contribution in [1.29, 1.82) is 0 Å². The Bertz CT molecular complexity index is 476. The van der Waals surface area contributed by atoms with Crippen LogP contribution in [-0.4, -0.2) is 10.2 Å². The first-order chi connectivity index (χ1) is 7.65. The number of phenols is 1. The van der Waals surface area contributed by atoms with Gasteiger partial charge in [0.2, 0.25) is 0 Å². The van der Waals surface area contributed by atoms with Crippen molar-refractivity contribution in [1.82, 2.24) is 0 Å². The van der Waals surface area contributed by atoms with Gasteiger partial charge in [-0.1, -0.05) is 29.9 Å². The van der Waals surface area contributed by atoms with Crippen LogP contribution in [0.15, 0.2) is 53.8 Å². The largest absolute Gasteiger partial charge is 0.512 e. The summed E-state index contributed by atoms with van der Waals surface area (Å²) in [7, 11) is 0. The summed E-state index contributed by atoms with van der Waals surface area (Å²) in [6.45, 7) is 1.99. The summed E-state index contributed by atoms with van der Waals surface area (Å²) in [4.78, 5) is 0. The molecule has 0 saturated carbocycles. The van der Waals surface area contributed by atoms with Crippen molar-refractivity contribution in [3.05, 3.63) is 59.4 Å². The molecule has 2 rings (SSSR count). The lowest BCUT2D eigenvalue weighted by molar-refractivity contribution is 0.399. The van der Waals surface area contributed by atoms with Gasteiger partial charge >= 0.3 is 0 Å². The molecule has 0 bridgehead atoms. The van der Waals surface area contributed by atoms with Crippen molar-refractivity contribution in [3.63, 3.8) is 0 Å². The molecule has 0 saturated heterocycles. The molecule has 0 fully saturated rings. The number of allylic oxidation sites excluding steroid dienone is 5. The number of aliphatic hydroxyl groups excluding tert-OH is 1. The molecule has 0 unspecified atom stereocenters. The van der Waals surface area contributed by atoms with Crippen LogP contribution in [0, 0.1) is 0 Å². The summed E-state index contributed by atoms with van der Waals surface area (Å²) >= 11 is 0. The second kappa shape index (κ2) is 4.27. The van der Waals surface area contributed by atoms with Gasteiger partial charge in [-0.3, -0.25) is 0 Å². The molecular weight excluding hydrogens is 200 g/mol. The van der Waals surface area contributed by atoms with Gasteiger partial charge in [0.25, 0.3) is 0 Å². The van der Waals surface area contributed by atoms with Gasteiger partial charge in [-0.05, 0) is 36.3 Å². The van der Waals surface area contributed by atoms with Crippen molar-refractivity contribution >= 4 is 5.57 Å². The predicted octanol–water partition coefficient (Wildman–Crippen LogP) is 3.57. The molecule has 82 valence electrons. The van der Waals surface area contributed by atoms with Crippen molar-refractivity contribution in [2.45, 2.75) is 13.3 Å². The van der Waals surface area contributed by atoms with E-state index in [4.69, 9.17) is 0 Å². The predicted molar refractivity (Wildman–Crippen MR) is 65.2 cm³/mol. The van der Waals surface area contributed by atoms with Crippen molar-refractivity contribution in [3.8, 4) is 5.75 Å². The molecule has 0 aromatic heterocycles. The minimum Gasteiger partial charge on any atom is -0.512 e. The summed E-state index contributed by atoms with van der Waals surface area (Å²) in [6, 6.07) is 7.05. The second-order valence-electron chi connectivity index (χ2n) is 3.99. The van der Waals surface area contributed by atoms with Crippen LogP contribution in [0.3, 0.4) is 0 Å². The van der Waals surface area contributed by atoms with E-state index in [-0.39, 0.29) is 5.75 Å². The standard InChI is InChI=1S/C14H14O2/c1-10-8-12(4-7-14(16)9-10)11-2-5-13(15)6-3-11/h2-8,15-16H,9H2,1H3. The molecule has 2 nitrogen and oxygen atoms in total. The molecule has 0 amide bonds. The van der Waals surface area contributed by atoms with E-state index in [2.05, 4.69) is 0 Å². The van der Waals surface area contributed by atoms with Crippen molar-refractivity contribution in [2.24, 2.45) is 0 Å². The molecule has 1 aromatic carbocycles. The Morgan fingerprint density at radius 2 is 1.69 bits per heavy atom. The lowest BCUT2D eigenvalue weighted by Gasteiger charge is -2.02. The zero-order valence-electron chi connectivity index (χ0n) is 9.14. The van der Waals surface area contributed by atoms with Gasteiger partial charge in [-0.25, -0.2) is 0 Å². The maximum absolute atomic E-state index is 9.50. The average Bonchev–Trinajstić information content (AvgIpc) is 2.41.